The summed E-state index contributed by atoms with van der Waals surface area (Å²) in [4.78, 5) is 11.2. The van der Waals surface area contributed by atoms with Gasteiger partial charge in [-0.15, -0.1) is 0 Å². The van der Waals surface area contributed by atoms with Crippen molar-refractivity contribution >= 4 is 16.0 Å². The van der Waals surface area contributed by atoms with Crippen LogP contribution in [0.1, 0.15) is 17.2 Å². The van der Waals surface area contributed by atoms with Gasteiger partial charge in [-0.3, -0.25) is 9.35 Å². The molecule has 0 spiro atoms. The molecule has 2 rings (SSSR count). The first-order valence-electron chi connectivity index (χ1n) is 5.36. The van der Waals surface area contributed by atoms with Gasteiger partial charge in [0.1, 0.15) is 6.10 Å². The summed E-state index contributed by atoms with van der Waals surface area (Å²) < 4.78 is 34.6. The van der Waals surface area contributed by atoms with Crippen LogP contribution in [0, 0.1) is 0 Å². The molecule has 7 heteroatoms. The Bertz CT molecular complexity index is 550. The Kier molecular flexibility index (Phi) is 3.65. The molecule has 1 fully saturated rings. The maximum atomic E-state index is 11.2. The molecule has 1 heterocycles. The predicted octanol–water partition coefficient (Wildman–Crippen LogP) is 0.262. The molecule has 0 aliphatic carbocycles. The number of benzene rings is 1. The Balaban J connectivity index is 1.89. The largest absolute Gasteiger partial charge is 0.368 e. The Morgan fingerprint density at radius 3 is 2.83 bits per heavy atom. The van der Waals surface area contributed by atoms with E-state index in [1.54, 1.807) is 0 Å². The molecule has 0 saturated carbocycles. The maximum Gasteiger partial charge on any atom is 0.274 e. The van der Waals surface area contributed by atoms with Gasteiger partial charge >= 0.3 is 0 Å². The van der Waals surface area contributed by atoms with Crippen molar-refractivity contribution in [2.24, 2.45) is 0 Å². The number of carbonyl (C=O) groups excluding carboxylic acids is 1. The molecule has 0 radical (unpaired) electrons. The van der Waals surface area contributed by atoms with Crippen molar-refractivity contribution in [2.75, 3.05) is 12.4 Å². The third-order valence-corrected chi connectivity index (χ3v) is 3.09. The molecule has 6 nitrogen and oxygen atoms in total. The summed E-state index contributed by atoms with van der Waals surface area (Å²) in [6, 6.07) is 7.49. The highest BCUT2D eigenvalue weighted by molar-refractivity contribution is 7.86. The van der Waals surface area contributed by atoms with Crippen molar-refractivity contribution in [1.82, 2.24) is 5.32 Å². The van der Waals surface area contributed by atoms with Crippen molar-refractivity contribution < 1.29 is 22.5 Å². The van der Waals surface area contributed by atoms with Gasteiger partial charge in [-0.2, -0.15) is 8.42 Å². The normalized spacial score (nSPS) is 18.4. The van der Waals surface area contributed by atoms with E-state index < -0.39 is 21.8 Å². The van der Waals surface area contributed by atoms with E-state index in [-0.39, 0.29) is 12.6 Å². The summed E-state index contributed by atoms with van der Waals surface area (Å²) in [6.07, 6.45) is 0.137. The zero-order valence-electron chi connectivity index (χ0n) is 9.50. The van der Waals surface area contributed by atoms with E-state index in [1.165, 1.54) is 0 Å². The van der Waals surface area contributed by atoms with Crippen LogP contribution in [-0.4, -0.2) is 31.2 Å². The van der Waals surface area contributed by atoms with Crippen LogP contribution in [-0.2, 0) is 26.2 Å². The number of carbonyl (C=O) groups is 1. The summed E-state index contributed by atoms with van der Waals surface area (Å²) in [7, 11) is -4.27. The smallest absolute Gasteiger partial charge is 0.274 e. The van der Waals surface area contributed by atoms with Gasteiger partial charge in [0.25, 0.3) is 10.1 Å². The Morgan fingerprint density at radius 2 is 2.22 bits per heavy atom. The minimum atomic E-state index is -4.27. The van der Waals surface area contributed by atoms with Crippen LogP contribution in [0.15, 0.2) is 24.3 Å². The van der Waals surface area contributed by atoms with Crippen molar-refractivity contribution in [2.45, 2.75) is 12.6 Å². The summed E-state index contributed by atoms with van der Waals surface area (Å²) in [6.45, 7) is 0.924. The van der Waals surface area contributed by atoms with E-state index in [9.17, 15) is 13.2 Å². The fraction of sp³-hybridized carbons (Fsp3) is 0.364. The molecular weight excluding hydrogens is 258 g/mol. The predicted molar refractivity (Wildman–Crippen MR) is 63.4 cm³/mol. The summed E-state index contributed by atoms with van der Waals surface area (Å²) in [5.74, 6) is -1.65. The molecule has 18 heavy (non-hydrogen) atoms. The van der Waals surface area contributed by atoms with Gasteiger partial charge in [-0.1, -0.05) is 24.3 Å². The van der Waals surface area contributed by atoms with Gasteiger partial charge in [0.15, 0.2) is 5.75 Å². The highest BCUT2D eigenvalue weighted by Gasteiger charge is 2.24. The topological polar surface area (TPSA) is 96.0 Å². The lowest BCUT2D eigenvalue weighted by Gasteiger charge is -2.05. The molecule has 1 aromatic rings. The number of epoxide rings is 1. The molecule has 1 unspecified atom stereocenters. The first-order valence-corrected chi connectivity index (χ1v) is 6.97. The van der Waals surface area contributed by atoms with Gasteiger partial charge in [0, 0.05) is 6.54 Å². The molecule has 1 aromatic carbocycles. The molecule has 98 valence electrons. The summed E-state index contributed by atoms with van der Waals surface area (Å²) in [5, 5.41) is 2.42. The van der Waals surface area contributed by atoms with Crippen molar-refractivity contribution in [3.05, 3.63) is 35.4 Å². The average molecular weight is 271 g/mol. The van der Waals surface area contributed by atoms with Crippen LogP contribution in [0.5, 0.6) is 0 Å². The molecule has 1 aliphatic heterocycles. The molecule has 0 bridgehead atoms. The van der Waals surface area contributed by atoms with Crippen LogP contribution < -0.4 is 5.32 Å². The monoisotopic (exact) mass is 271 g/mol. The Hall–Kier alpha value is -1.44. The highest BCUT2D eigenvalue weighted by atomic mass is 32.2. The van der Waals surface area contributed by atoms with Crippen molar-refractivity contribution in [1.29, 1.82) is 0 Å². The fourth-order valence-electron chi connectivity index (χ4n) is 1.56. The van der Waals surface area contributed by atoms with Gasteiger partial charge in [-0.05, 0) is 11.1 Å². The second-order valence-corrected chi connectivity index (χ2v) is 5.52. The molecule has 1 aliphatic rings. The lowest BCUT2D eigenvalue weighted by atomic mass is 10.1. The van der Waals surface area contributed by atoms with E-state index >= 15 is 0 Å². The molecule has 0 aromatic heterocycles. The van der Waals surface area contributed by atoms with Gasteiger partial charge in [-0.25, -0.2) is 0 Å². The Morgan fingerprint density at radius 1 is 1.50 bits per heavy atom. The second kappa shape index (κ2) is 5.05. The zero-order valence-corrected chi connectivity index (χ0v) is 10.3. The van der Waals surface area contributed by atoms with Crippen LogP contribution in [0.3, 0.4) is 0 Å². The molecule has 2 N–H and O–H groups in total. The van der Waals surface area contributed by atoms with Crippen LogP contribution in [0.4, 0.5) is 0 Å². The number of amides is 1. The maximum absolute atomic E-state index is 11.2. The van der Waals surface area contributed by atoms with Crippen LogP contribution >= 0.6 is 0 Å². The van der Waals surface area contributed by atoms with Gasteiger partial charge in [0.2, 0.25) is 5.91 Å². The highest BCUT2D eigenvalue weighted by Crippen LogP contribution is 2.29. The van der Waals surface area contributed by atoms with E-state index in [0.29, 0.717) is 6.61 Å². The number of rotatable bonds is 5. The second-order valence-electron chi connectivity index (χ2n) is 4.07. The lowest BCUT2D eigenvalue weighted by molar-refractivity contribution is -0.118. The minimum Gasteiger partial charge on any atom is -0.368 e. The van der Waals surface area contributed by atoms with Crippen LogP contribution in [0.2, 0.25) is 0 Å². The average Bonchev–Trinajstić information content (AvgIpc) is 3.08. The first-order chi connectivity index (χ1) is 8.44. The Labute approximate surface area is 105 Å². The summed E-state index contributed by atoms with van der Waals surface area (Å²) in [5.41, 5.74) is 1.89. The molecule has 1 saturated heterocycles. The lowest BCUT2D eigenvalue weighted by Crippen LogP contribution is -2.29. The molecule has 1 atom stereocenters. The van der Waals surface area contributed by atoms with Gasteiger partial charge < -0.3 is 10.1 Å². The summed E-state index contributed by atoms with van der Waals surface area (Å²) >= 11 is 0. The van der Waals surface area contributed by atoms with E-state index in [4.69, 9.17) is 9.29 Å². The van der Waals surface area contributed by atoms with Gasteiger partial charge in [0.05, 0.1) is 6.61 Å². The van der Waals surface area contributed by atoms with Crippen molar-refractivity contribution in [3.63, 3.8) is 0 Å². The SMILES string of the molecule is O=C(CS(=O)(=O)O)NCc1cccc(C2CO2)c1. The van der Waals surface area contributed by atoms with Crippen molar-refractivity contribution in [3.8, 4) is 0 Å². The molecule has 1 amide bonds. The van der Waals surface area contributed by atoms with E-state index in [2.05, 4.69) is 5.32 Å². The third-order valence-electron chi connectivity index (χ3n) is 2.46. The number of hydrogen-bond acceptors (Lipinski definition) is 4. The number of hydrogen-bond donors (Lipinski definition) is 2. The van der Waals surface area contributed by atoms with Crippen LogP contribution in [0.25, 0.3) is 0 Å². The quantitative estimate of drug-likeness (QED) is 0.591. The first kappa shape index (κ1) is 13.0. The molecular formula is C11H13NO5S. The fourth-order valence-corrected chi connectivity index (χ4v) is 1.99. The minimum absolute atomic E-state index is 0.137. The third kappa shape index (κ3) is 4.10. The van der Waals surface area contributed by atoms with E-state index in [0.717, 1.165) is 11.1 Å². The number of nitrogens with one attached hydrogen (secondary N) is 1. The van der Waals surface area contributed by atoms with E-state index in [1.807, 2.05) is 24.3 Å². The standard InChI is InChI=1S/C11H13NO5S/c13-11(7-18(14,15)16)12-5-8-2-1-3-9(4-8)10-6-17-10/h1-4,10H,5-7H2,(H,12,13)(H,14,15,16). The number of ether oxygens (including phenoxy) is 1. The zero-order chi connectivity index (χ0) is 13.2.